The summed E-state index contributed by atoms with van der Waals surface area (Å²) in [4.78, 5) is 42.9. The predicted molar refractivity (Wildman–Crippen MR) is 96.7 cm³/mol. The Morgan fingerprint density at radius 1 is 1.26 bits per heavy atom. The Morgan fingerprint density at radius 2 is 2.04 bits per heavy atom. The number of furan rings is 1. The van der Waals surface area contributed by atoms with Gasteiger partial charge in [0, 0.05) is 31.5 Å². The number of likely N-dealkylation sites (tertiary alicyclic amines) is 1. The molecular weight excluding hydrogens is 348 g/mol. The van der Waals surface area contributed by atoms with E-state index in [2.05, 4.69) is 15.6 Å². The van der Waals surface area contributed by atoms with Gasteiger partial charge in [-0.3, -0.25) is 19.4 Å². The fraction of sp³-hybridized carbons (Fsp3) is 0.368. The number of rotatable bonds is 6. The molecule has 8 heteroatoms. The molecule has 8 nitrogen and oxygen atoms in total. The van der Waals surface area contributed by atoms with E-state index in [1.54, 1.807) is 41.6 Å². The first kappa shape index (κ1) is 18.6. The minimum absolute atomic E-state index is 0.160. The smallest absolute Gasteiger partial charge is 0.287 e. The highest BCUT2D eigenvalue weighted by atomic mass is 16.3. The molecule has 3 heterocycles. The Kier molecular flexibility index (Phi) is 5.85. The first-order chi connectivity index (χ1) is 13.1. The molecule has 0 aliphatic carbocycles. The lowest BCUT2D eigenvalue weighted by molar-refractivity contribution is -0.137. The van der Waals surface area contributed by atoms with Crippen LogP contribution in [-0.4, -0.2) is 52.8 Å². The van der Waals surface area contributed by atoms with Gasteiger partial charge in [0.1, 0.15) is 6.04 Å². The van der Waals surface area contributed by atoms with E-state index in [4.69, 9.17) is 4.42 Å². The number of nitrogens with zero attached hydrogens (tertiary/aromatic N) is 2. The third-order valence-corrected chi connectivity index (χ3v) is 4.46. The SMILES string of the molecule is CCNC(=O)[C@@H]1C[C@H](NC(=O)c2ccco2)CN1C(=O)Cc1ccncc1. The van der Waals surface area contributed by atoms with E-state index in [0.717, 1.165) is 5.56 Å². The fourth-order valence-corrected chi connectivity index (χ4v) is 3.20. The van der Waals surface area contributed by atoms with Gasteiger partial charge in [0.15, 0.2) is 5.76 Å². The first-order valence-corrected chi connectivity index (χ1v) is 8.89. The predicted octanol–water partition coefficient (Wildman–Crippen LogP) is 0.753. The number of likely N-dealkylation sites (N-methyl/N-ethyl adjacent to an activating group) is 1. The lowest BCUT2D eigenvalue weighted by Crippen LogP contribution is -2.46. The van der Waals surface area contributed by atoms with Gasteiger partial charge in [-0.2, -0.15) is 0 Å². The molecule has 2 aromatic rings. The largest absolute Gasteiger partial charge is 0.459 e. The Bertz CT molecular complexity index is 791. The summed E-state index contributed by atoms with van der Waals surface area (Å²) in [5.74, 6) is -0.531. The zero-order valence-electron chi connectivity index (χ0n) is 15.1. The lowest BCUT2D eigenvalue weighted by Gasteiger charge is -2.23. The summed E-state index contributed by atoms with van der Waals surface area (Å²) in [5.41, 5.74) is 0.827. The molecule has 1 fully saturated rings. The number of hydrogen-bond donors (Lipinski definition) is 2. The summed E-state index contributed by atoms with van der Waals surface area (Å²) in [6, 6.07) is 5.80. The molecule has 0 saturated carbocycles. The van der Waals surface area contributed by atoms with Crippen LogP contribution in [-0.2, 0) is 16.0 Å². The molecule has 0 unspecified atom stereocenters. The molecule has 0 bridgehead atoms. The zero-order valence-corrected chi connectivity index (χ0v) is 15.1. The monoisotopic (exact) mass is 370 g/mol. The summed E-state index contributed by atoms with van der Waals surface area (Å²) in [6.45, 7) is 2.58. The van der Waals surface area contributed by atoms with Crippen molar-refractivity contribution in [2.45, 2.75) is 31.8 Å². The molecule has 1 saturated heterocycles. The molecule has 1 aliphatic rings. The molecule has 2 N–H and O–H groups in total. The Morgan fingerprint density at radius 3 is 2.70 bits per heavy atom. The summed E-state index contributed by atoms with van der Waals surface area (Å²) >= 11 is 0. The van der Waals surface area contributed by atoms with Gasteiger partial charge in [-0.25, -0.2) is 0 Å². The molecule has 0 aromatic carbocycles. The number of aromatic nitrogens is 1. The maximum Gasteiger partial charge on any atom is 0.287 e. The van der Waals surface area contributed by atoms with E-state index in [1.807, 2.05) is 6.92 Å². The quantitative estimate of drug-likeness (QED) is 0.781. The number of hydrogen-bond acceptors (Lipinski definition) is 5. The third kappa shape index (κ3) is 4.52. The van der Waals surface area contributed by atoms with Gasteiger partial charge in [-0.15, -0.1) is 0 Å². The average molecular weight is 370 g/mol. The molecule has 1 aliphatic heterocycles. The molecule has 3 amide bonds. The molecule has 142 valence electrons. The van der Waals surface area contributed by atoms with E-state index in [1.165, 1.54) is 6.26 Å². The average Bonchev–Trinajstić information content (AvgIpc) is 3.33. The number of pyridine rings is 1. The van der Waals surface area contributed by atoms with Gasteiger partial charge < -0.3 is 20.0 Å². The second kappa shape index (κ2) is 8.48. The van der Waals surface area contributed by atoms with Crippen molar-refractivity contribution in [3.8, 4) is 0 Å². The van der Waals surface area contributed by atoms with Gasteiger partial charge in [-0.1, -0.05) is 0 Å². The van der Waals surface area contributed by atoms with Crippen LogP contribution in [0.5, 0.6) is 0 Å². The highest BCUT2D eigenvalue weighted by molar-refractivity contribution is 5.92. The number of amides is 3. The van der Waals surface area contributed by atoms with Crippen LogP contribution >= 0.6 is 0 Å². The zero-order chi connectivity index (χ0) is 19.2. The van der Waals surface area contributed by atoms with Crippen LogP contribution in [0.1, 0.15) is 29.5 Å². The summed E-state index contributed by atoms with van der Waals surface area (Å²) in [5, 5.41) is 5.60. The molecule has 2 atom stereocenters. The van der Waals surface area contributed by atoms with Crippen LogP contribution in [0.25, 0.3) is 0 Å². The molecule has 2 aromatic heterocycles. The van der Waals surface area contributed by atoms with E-state index < -0.39 is 6.04 Å². The van der Waals surface area contributed by atoms with Crippen LogP contribution in [0.15, 0.2) is 47.3 Å². The molecular formula is C19H22N4O4. The summed E-state index contributed by atoms with van der Waals surface area (Å²) in [6.07, 6.45) is 5.21. The highest BCUT2D eigenvalue weighted by Crippen LogP contribution is 2.20. The number of carbonyl (C=O) groups is 3. The van der Waals surface area contributed by atoms with Crippen molar-refractivity contribution in [1.82, 2.24) is 20.5 Å². The standard InChI is InChI=1S/C19H22N4O4/c1-2-21-18(25)15-11-14(22-19(26)16-4-3-9-27-16)12-23(15)17(24)10-13-5-7-20-8-6-13/h3-9,14-15H,2,10-12H2,1H3,(H,21,25)(H,22,26)/t14-,15-/m0/s1. The van der Waals surface area contributed by atoms with E-state index in [-0.39, 0.29) is 42.5 Å². The molecule has 27 heavy (non-hydrogen) atoms. The third-order valence-electron chi connectivity index (χ3n) is 4.46. The minimum atomic E-state index is -0.610. The van der Waals surface area contributed by atoms with Crippen LogP contribution in [0.4, 0.5) is 0 Å². The Labute approximate surface area is 156 Å². The van der Waals surface area contributed by atoms with Gasteiger partial charge in [0.25, 0.3) is 5.91 Å². The van der Waals surface area contributed by atoms with Crippen molar-refractivity contribution in [2.75, 3.05) is 13.1 Å². The van der Waals surface area contributed by atoms with Gasteiger partial charge in [0.05, 0.1) is 12.7 Å². The van der Waals surface area contributed by atoms with Gasteiger partial charge in [-0.05, 0) is 43.2 Å². The Balaban J connectivity index is 1.70. The second-order valence-corrected chi connectivity index (χ2v) is 6.37. The lowest BCUT2D eigenvalue weighted by atomic mass is 10.1. The van der Waals surface area contributed by atoms with Crippen LogP contribution in [0.3, 0.4) is 0 Å². The Hall–Kier alpha value is -3.16. The van der Waals surface area contributed by atoms with Gasteiger partial charge >= 0.3 is 0 Å². The van der Waals surface area contributed by atoms with Crippen molar-refractivity contribution in [3.05, 3.63) is 54.2 Å². The van der Waals surface area contributed by atoms with E-state index in [0.29, 0.717) is 13.0 Å². The van der Waals surface area contributed by atoms with Crippen LogP contribution in [0, 0.1) is 0 Å². The van der Waals surface area contributed by atoms with Crippen molar-refractivity contribution < 1.29 is 18.8 Å². The summed E-state index contributed by atoms with van der Waals surface area (Å²) < 4.78 is 5.09. The normalized spacial score (nSPS) is 18.9. The molecule has 0 spiro atoms. The van der Waals surface area contributed by atoms with Crippen molar-refractivity contribution in [2.24, 2.45) is 0 Å². The van der Waals surface area contributed by atoms with Gasteiger partial charge in [0.2, 0.25) is 11.8 Å². The first-order valence-electron chi connectivity index (χ1n) is 8.89. The minimum Gasteiger partial charge on any atom is -0.459 e. The second-order valence-electron chi connectivity index (χ2n) is 6.37. The van der Waals surface area contributed by atoms with Crippen molar-refractivity contribution >= 4 is 17.7 Å². The van der Waals surface area contributed by atoms with E-state index >= 15 is 0 Å². The number of nitrogens with one attached hydrogen (secondary N) is 2. The van der Waals surface area contributed by atoms with Crippen molar-refractivity contribution in [1.29, 1.82) is 0 Å². The van der Waals surface area contributed by atoms with Crippen molar-refractivity contribution in [3.63, 3.8) is 0 Å². The molecule has 0 radical (unpaired) electrons. The maximum absolute atomic E-state index is 12.8. The topological polar surface area (TPSA) is 105 Å². The fourth-order valence-electron chi connectivity index (χ4n) is 3.20. The number of carbonyl (C=O) groups excluding carboxylic acids is 3. The van der Waals surface area contributed by atoms with Crippen LogP contribution < -0.4 is 10.6 Å². The van der Waals surface area contributed by atoms with Crippen LogP contribution in [0.2, 0.25) is 0 Å². The molecule has 3 rings (SSSR count). The van der Waals surface area contributed by atoms with E-state index in [9.17, 15) is 14.4 Å². The highest BCUT2D eigenvalue weighted by Gasteiger charge is 2.40. The summed E-state index contributed by atoms with van der Waals surface area (Å²) in [7, 11) is 0. The maximum atomic E-state index is 12.8.